The normalized spacial score (nSPS) is 14.4. The van der Waals surface area contributed by atoms with Crippen LogP contribution in [0.1, 0.15) is 55.9 Å². The maximum atomic E-state index is 13.4. The van der Waals surface area contributed by atoms with E-state index in [9.17, 15) is 14.4 Å². The van der Waals surface area contributed by atoms with E-state index in [-0.39, 0.29) is 23.6 Å². The van der Waals surface area contributed by atoms with Gasteiger partial charge in [-0.15, -0.1) is 11.3 Å². The lowest BCUT2D eigenvalue weighted by Gasteiger charge is -2.20. The highest BCUT2D eigenvalue weighted by Crippen LogP contribution is 2.32. The molecule has 1 N–H and O–H groups in total. The van der Waals surface area contributed by atoms with Crippen LogP contribution in [0.15, 0.2) is 34.4 Å². The number of fused-ring (bicyclic) bond motifs is 1. The first-order valence-corrected chi connectivity index (χ1v) is 12.0. The highest BCUT2D eigenvalue weighted by molar-refractivity contribution is 7.16. The fraction of sp³-hybridized carbons (Fsp3) is 0.391. The van der Waals surface area contributed by atoms with Gasteiger partial charge >= 0.3 is 5.97 Å². The first kappa shape index (κ1) is 22.5. The molecular formula is C23H24ClN3O4S. The Labute approximate surface area is 194 Å². The minimum Gasteiger partial charge on any atom is -0.461 e. The van der Waals surface area contributed by atoms with E-state index in [1.807, 2.05) is 0 Å². The number of aromatic nitrogens is 2. The second-order valence-corrected chi connectivity index (χ2v) is 9.19. The zero-order valence-electron chi connectivity index (χ0n) is 17.7. The Balaban J connectivity index is 1.75. The zero-order valence-corrected chi connectivity index (χ0v) is 19.3. The van der Waals surface area contributed by atoms with E-state index >= 15 is 0 Å². The molecule has 0 spiro atoms. The first-order valence-electron chi connectivity index (χ1n) is 10.8. The van der Waals surface area contributed by atoms with E-state index in [4.69, 9.17) is 16.3 Å². The predicted molar refractivity (Wildman–Crippen MR) is 126 cm³/mol. The molecule has 0 bridgehead atoms. The van der Waals surface area contributed by atoms with Crippen molar-refractivity contribution in [3.63, 3.8) is 0 Å². The van der Waals surface area contributed by atoms with Crippen LogP contribution in [-0.4, -0.2) is 28.3 Å². The van der Waals surface area contributed by atoms with Crippen LogP contribution in [0.5, 0.6) is 0 Å². The second kappa shape index (κ2) is 9.83. The number of esters is 1. The molecule has 0 radical (unpaired) electrons. The fourth-order valence-corrected chi connectivity index (χ4v) is 5.16. The third-order valence-electron chi connectivity index (χ3n) is 5.64. The molecule has 0 saturated heterocycles. The molecular weight excluding hydrogens is 450 g/mol. The van der Waals surface area contributed by atoms with Gasteiger partial charge in [-0.3, -0.25) is 9.59 Å². The summed E-state index contributed by atoms with van der Waals surface area (Å²) in [6.07, 6.45) is 6.07. The summed E-state index contributed by atoms with van der Waals surface area (Å²) in [5.41, 5.74) is 0.0579. The van der Waals surface area contributed by atoms with E-state index in [2.05, 4.69) is 10.4 Å². The van der Waals surface area contributed by atoms with Gasteiger partial charge < -0.3 is 10.1 Å². The summed E-state index contributed by atoms with van der Waals surface area (Å²) in [6.45, 7) is 1.88. The Morgan fingerprint density at radius 2 is 1.94 bits per heavy atom. The van der Waals surface area contributed by atoms with E-state index in [0.717, 1.165) is 30.4 Å². The van der Waals surface area contributed by atoms with Crippen molar-refractivity contribution in [2.75, 3.05) is 11.9 Å². The Bertz CT molecular complexity index is 1200. The number of rotatable bonds is 6. The number of ether oxygens (including phenoxy) is 1. The van der Waals surface area contributed by atoms with Crippen LogP contribution >= 0.6 is 22.9 Å². The number of carbonyl (C=O) groups excluding carboxylic acids is 2. The molecule has 3 aromatic rings. The van der Waals surface area contributed by atoms with Crippen molar-refractivity contribution >= 4 is 50.6 Å². The largest absolute Gasteiger partial charge is 0.461 e. The molecule has 7 nitrogen and oxygen atoms in total. The summed E-state index contributed by atoms with van der Waals surface area (Å²) in [5.74, 6) is -0.372. The van der Waals surface area contributed by atoms with Crippen LogP contribution in [0.25, 0.3) is 16.5 Å². The van der Waals surface area contributed by atoms with Gasteiger partial charge in [0.15, 0.2) is 5.69 Å². The average molecular weight is 474 g/mol. The smallest absolute Gasteiger partial charge is 0.359 e. The SMILES string of the molecule is CCOC(=O)c1nn(-c2ccc(Cl)cc2)c(=O)c2c(NC(=O)CC3CCCCC3)scc12. The van der Waals surface area contributed by atoms with Gasteiger partial charge in [0.2, 0.25) is 5.91 Å². The van der Waals surface area contributed by atoms with Crippen LogP contribution < -0.4 is 10.9 Å². The van der Waals surface area contributed by atoms with Crippen LogP contribution in [-0.2, 0) is 9.53 Å². The predicted octanol–water partition coefficient (Wildman–Crippen LogP) is 5.19. The number of carbonyl (C=O) groups is 2. The third-order valence-corrected chi connectivity index (χ3v) is 6.79. The molecule has 4 rings (SSSR count). The van der Waals surface area contributed by atoms with E-state index < -0.39 is 11.5 Å². The summed E-state index contributed by atoms with van der Waals surface area (Å²) in [5, 5.41) is 10.4. The van der Waals surface area contributed by atoms with Gasteiger partial charge in [0.25, 0.3) is 5.56 Å². The molecule has 2 heterocycles. The minimum absolute atomic E-state index is 0.0282. The van der Waals surface area contributed by atoms with Crippen molar-refractivity contribution in [1.29, 1.82) is 0 Å². The second-order valence-electron chi connectivity index (χ2n) is 7.87. The van der Waals surface area contributed by atoms with E-state index in [1.54, 1.807) is 36.6 Å². The van der Waals surface area contributed by atoms with Gasteiger partial charge in [-0.2, -0.15) is 9.78 Å². The molecule has 1 saturated carbocycles. The summed E-state index contributed by atoms with van der Waals surface area (Å²) < 4.78 is 6.30. The molecule has 1 fully saturated rings. The van der Waals surface area contributed by atoms with Crippen LogP contribution in [0.4, 0.5) is 5.00 Å². The first-order chi connectivity index (χ1) is 15.5. The lowest BCUT2D eigenvalue weighted by atomic mass is 9.87. The summed E-state index contributed by atoms with van der Waals surface area (Å²) in [4.78, 5) is 38.7. The van der Waals surface area contributed by atoms with Gasteiger partial charge in [0.05, 0.1) is 17.7 Å². The highest BCUT2D eigenvalue weighted by atomic mass is 35.5. The molecule has 0 unspecified atom stereocenters. The molecule has 1 aromatic carbocycles. The quantitative estimate of drug-likeness (QED) is 0.498. The molecule has 1 amide bonds. The molecule has 0 aliphatic heterocycles. The van der Waals surface area contributed by atoms with Gasteiger partial charge in [0, 0.05) is 22.2 Å². The summed E-state index contributed by atoms with van der Waals surface area (Å²) >= 11 is 7.18. The monoisotopic (exact) mass is 473 g/mol. The van der Waals surface area contributed by atoms with Gasteiger partial charge in [-0.05, 0) is 49.9 Å². The van der Waals surface area contributed by atoms with Crippen molar-refractivity contribution in [1.82, 2.24) is 9.78 Å². The van der Waals surface area contributed by atoms with Crippen molar-refractivity contribution in [3.8, 4) is 5.69 Å². The van der Waals surface area contributed by atoms with Crippen LogP contribution in [0, 0.1) is 5.92 Å². The topological polar surface area (TPSA) is 90.3 Å². The number of halogens is 1. The molecule has 1 aliphatic carbocycles. The fourth-order valence-electron chi connectivity index (χ4n) is 4.08. The third kappa shape index (κ3) is 4.71. The number of benzene rings is 1. The molecule has 1 aliphatic rings. The number of nitrogens with zero attached hydrogens (tertiary/aromatic N) is 2. The molecule has 0 atom stereocenters. The van der Waals surface area contributed by atoms with Crippen molar-refractivity contribution in [2.45, 2.75) is 45.4 Å². The van der Waals surface area contributed by atoms with E-state index in [0.29, 0.717) is 33.4 Å². The summed E-state index contributed by atoms with van der Waals surface area (Å²) in [7, 11) is 0. The Morgan fingerprint density at radius 1 is 1.22 bits per heavy atom. The van der Waals surface area contributed by atoms with Gasteiger partial charge in [-0.1, -0.05) is 30.9 Å². The molecule has 9 heteroatoms. The van der Waals surface area contributed by atoms with Crippen molar-refractivity contribution < 1.29 is 14.3 Å². The van der Waals surface area contributed by atoms with Crippen molar-refractivity contribution in [3.05, 3.63) is 50.7 Å². The number of amides is 1. The Hall–Kier alpha value is -2.71. The van der Waals surface area contributed by atoms with Gasteiger partial charge in [0.1, 0.15) is 5.00 Å². The van der Waals surface area contributed by atoms with E-state index in [1.165, 1.54) is 17.8 Å². The van der Waals surface area contributed by atoms with Gasteiger partial charge in [-0.25, -0.2) is 4.79 Å². The maximum absolute atomic E-state index is 13.4. The summed E-state index contributed by atoms with van der Waals surface area (Å²) in [6, 6.07) is 6.57. The van der Waals surface area contributed by atoms with Crippen molar-refractivity contribution in [2.24, 2.45) is 5.92 Å². The molecule has 2 aromatic heterocycles. The average Bonchev–Trinajstić information content (AvgIpc) is 3.19. The number of hydrogen-bond acceptors (Lipinski definition) is 6. The lowest BCUT2D eigenvalue weighted by Crippen LogP contribution is -2.26. The number of hydrogen-bond donors (Lipinski definition) is 1. The highest BCUT2D eigenvalue weighted by Gasteiger charge is 2.24. The Morgan fingerprint density at radius 3 is 2.62 bits per heavy atom. The van der Waals surface area contributed by atoms with Crippen LogP contribution in [0.3, 0.4) is 0 Å². The van der Waals surface area contributed by atoms with Crippen LogP contribution in [0.2, 0.25) is 5.02 Å². The Kier molecular flexibility index (Phi) is 6.91. The number of nitrogens with one attached hydrogen (secondary N) is 1. The standard InChI is InChI=1S/C23H24ClN3O4S/c1-2-31-23(30)20-17-13-32-21(25-18(28)12-14-6-4-3-5-7-14)19(17)22(29)27(26-20)16-10-8-15(24)9-11-16/h8-11,13-14H,2-7,12H2,1H3,(H,25,28). The zero-order chi connectivity index (χ0) is 22.7. The maximum Gasteiger partial charge on any atom is 0.359 e. The number of thiophene rings is 1. The number of anilines is 1. The molecule has 32 heavy (non-hydrogen) atoms. The molecule has 168 valence electrons. The minimum atomic E-state index is -0.627. The lowest BCUT2D eigenvalue weighted by molar-refractivity contribution is -0.117.